The highest BCUT2D eigenvalue weighted by atomic mass is 32.2. The zero-order valence-electron chi connectivity index (χ0n) is 13.3. The second-order valence-electron chi connectivity index (χ2n) is 5.15. The minimum absolute atomic E-state index is 0.0790. The van der Waals surface area contributed by atoms with Gasteiger partial charge in [-0.1, -0.05) is 12.1 Å². The van der Waals surface area contributed by atoms with Crippen molar-refractivity contribution in [1.29, 1.82) is 0 Å². The van der Waals surface area contributed by atoms with Crippen molar-refractivity contribution in [3.05, 3.63) is 59.9 Å². The molecular formula is C18H20FNO2S. The summed E-state index contributed by atoms with van der Waals surface area (Å²) in [5, 5.41) is 0. The van der Waals surface area contributed by atoms with Crippen LogP contribution in [0.15, 0.2) is 53.4 Å². The first-order valence-corrected chi connectivity index (χ1v) is 8.32. The minimum atomic E-state index is -0.265. The van der Waals surface area contributed by atoms with Crippen molar-refractivity contribution in [2.75, 3.05) is 19.9 Å². The van der Waals surface area contributed by atoms with Gasteiger partial charge in [0.05, 0.1) is 7.11 Å². The van der Waals surface area contributed by atoms with E-state index in [1.54, 1.807) is 43.0 Å². The van der Waals surface area contributed by atoms with E-state index in [-0.39, 0.29) is 11.7 Å². The van der Waals surface area contributed by atoms with E-state index in [0.717, 1.165) is 22.0 Å². The van der Waals surface area contributed by atoms with Gasteiger partial charge in [0.15, 0.2) is 0 Å². The predicted molar refractivity (Wildman–Crippen MR) is 91.2 cm³/mol. The first kappa shape index (κ1) is 17.3. The molecule has 2 rings (SSSR count). The van der Waals surface area contributed by atoms with Crippen LogP contribution >= 0.6 is 11.8 Å². The summed E-state index contributed by atoms with van der Waals surface area (Å²) in [6.07, 6.45) is 0.467. The lowest BCUT2D eigenvalue weighted by molar-refractivity contribution is -0.129. The number of ether oxygens (including phenoxy) is 1. The lowest BCUT2D eigenvalue weighted by atomic mass is 10.2. The number of hydrogen-bond donors (Lipinski definition) is 0. The number of halogens is 1. The first-order valence-electron chi connectivity index (χ1n) is 7.34. The van der Waals surface area contributed by atoms with E-state index in [2.05, 4.69) is 0 Å². The Labute approximate surface area is 140 Å². The number of carbonyl (C=O) groups excluding carboxylic acids is 1. The van der Waals surface area contributed by atoms with E-state index in [4.69, 9.17) is 4.74 Å². The standard InChI is InChI=1S/C18H20FNO2S/c1-20(13-14-3-5-15(19)6-4-14)18(21)11-12-23-17-9-7-16(22-2)8-10-17/h3-10H,11-13H2,1-2H3. The second-order valence-corrected chi connectivity index (χ2v) is 6.32. The highest BCUT2D eigenvalue weighted by Crippen LogP contribution is 2.22. The summed E-state index contributed by atoms with van der Waals surface area (Å²) < 4.78 is 18.0. The molecule has 0 spiro atoms. The van der Waals surface area contributed by atoms with Gasteiger partial charge in [-0.3, -0.25) is 4.79 Å². The maximum Gasteiger partial charge on any atom is 0.223 e. The number of amides is 1. The Kier molecular flexibility index (Phi) is 6.47. The average molecular weight is 333 g/mol. The van der Waals surface area contributed by atoms with Gasteiger partial charge < -0.3 is 9.64 Å². The predicted octanol–water partition coefficient (Wildman–Crippen LogP) is 3.98. The largest absolute Gasteiger partial charge is 0.497 e. The molecule has 0 N–H and O–H groups in total. The van der Waals surface area contributed by atoms with Crippen molar-refractivity contribution in [3.63, 3.8) is 0 Å². The second kappa shape index (κ2) is 8.58. The molecule has 1 amide bonds. The number of nitrogens with zero attached hydrogens (tertiary/aromatic N) is 1. The van der Waals surface area contributed by atoms with Crippen LogP contribution in [0.5, 0.6) is 5.75 Å². The fourth-order valence-corrected chi connectivity index (χ4v) is 2.91. The third-order valence-electron chi connectivity index (χ3n) is 3.40. The molecule has 0 saturated heterocycles. The van der Waals surface area contributed by atoms with E-state index in [1.165, 1.54) is 12.1 Å². The molecule has 0 aliphatic heterocycles. The molecule has 0 radical (unpaired) electrons. The van der Waals surface area contributed by atoms with Crippen molar-refractivity contribution >= 4 is 17.7 Å². The summed E-state index contributed by atoms with van der Waals surface area (Å²) in [6, 6.07) is 14.0. The average Bonchev–Trinajstić information content (AvgIpc) is 2.57. The Hall–Kier alpha value is -2.01. The van der Waals surface area contributed by atoms with Gasteiger partial charge in [0.25, 0.3) is 0 Å². The summed E-state index contributed by atoms with van der Waals surface area (Å²) in [5.41, 5.74) is 0.921. The van der Waals surface area contributed by atoms with Crippen LogP contribution in [-0.4, -0.2) is 30.7 Å². The molecule has 0 aliphatic rings. The van der Waals surface area contributed by atoms with Crippen molar-refractivity contribution < 1.29 is 13.9 Å². The number of hydrogen-bond acceptors (Lipinski definition) is 3. The number of thioether (sulfide) groups is 1. The minimum Gasteiger partial charge on any atom is -0.497 e. The molecule has 0 atom stereocenters. The van der Waals surface area contributed by atoms with Crippen LogP contribution in [0.25, 0.3) is 0 Å². The highest BCUT2D eigenvalue weighted by molar-refractivity contribution is 7.99. The Bertz CT molecular complexity index is 628. The molecule has 0 aromatic heterocycles. The molecular weight excluding hydrogens is 313 g/mol. The Morgan fingerprint density at radius 2 is 1.78 bits per heavy atom. The van der Waals surface area contributed by atoms with Crippen molar-refractivity contribution in [3.8, 4) is 5.75 Å². The van der Waals surface area contributed by atoms with Gasteiger partial charge in [-0.05, 0) is 42.0 Å². The fourth-order valence-electron chi connectivity index (χ4n) is 2.07. The number of methoxy groups -OCH3 is 1. The number of benzene rings is 2. The van der Waals surface area contributed by atoms with Gasteiger partial charge in [-0.2, -0.15) is 0 Å². The number of carbonyl (C=O) groups is 1. The van der Waals surface area contributed by atoms with Crippen LogP contribution in [0.4, 0.5) is 4.39 Å². The Morgan fingerprint density at radius 3 is 2.39 bits per heavy atom. The molecule has 23 heavy (non-hydrogen) atoms. The van der Waals surface area contributed by atoms with Gasteiger partial charge in [-0.15, -0.1) is 11.8 Å². The van der Waals surface area contributed by atoms with E-state index >= 15 is 0 Å². The highest BCUT2D eigenvalue weighted by Gasteiger charge is 2.09. The molecule has 122 valence electrons. The molecule has 0 saturated carbocycles. The molecule has 5 heteroatoms. The molecule has 0 fully saturated rings. The SMILES string of the molecule is COc1ccc(SCCC(=O)N(C)Cc2ccc(F)cc2)cc1. The van der Waals surface area contributed by atoms with Crippen LogP contribution in [-0.2, 0) is 11.3 Å². The normalized spacial score (nSPS) is 10.4. The smallest absolute Gasteiger partial charge is 0.223 e. The van der Waals surface area contributed by atoms with Crippen molar-refractivity contribution in [2.45, 2.75) is 17.9 Å². The maximum absolute atomic E-state index is 12.9. The number of rotatable bonds is 7. The van der Waals surface area contributed by atoms with Crippen molar-refractivity contribution in [2.24, 2.45) is 0 Å². The van der Waals surface area contributed by atoms with E-state index in [9.17, 15) is 9.18 Å². The van der Waals surface area contributed by atoms with Crippen LogP contribution in [0.2, 0.25) is 0 Å². The zero-order valence-corrected chi connectivity index (χ0v) is 14.1. The summed E-state index contributed by atoms with van der Waals surface area (Å²) in [4.78, 5) is 14.9. The van der Waals surface area contributed by atoms with Crippen LogP contribution in [0.1, 0.15) is 12.0 Å². The van der Waals surface area contributed by atoms with Gasteiger partial charge in [-0.25, -0.2) is 4.39 Å². The molecule has 0 bridgehead atoms. The molecule has 2 aromatic rings. The lowest BCUT2D eigenvalue weighted by Crippen LogP contribution is -2.26. The van der Waals surface area contributed by atoms with Gasteiger partial charge >= 0.3 is 0 Å². The van der Waals surface area contributed by atoms with Crippen LogP contribution in [0, 0.1) is 5.82 Å². The molecule has 0 heterocycles. The van der Waals surface area contributed by atoms with E-state index in [1.807, 2.05) is 24.3 Å². The quantitative estimate of drug-likeness (QED) is 0.718. The Morgan fingerprint density at radius 1 is 1.13 bits per heavy atom. The summed E-state index contributed by atoms with van der Waals surface area (Å²) in [7, 11) is 3.40. The molecule has 0 aliphatic carbocycles. The van der Waals surface area contributed by atoms with Gasteiger partial charge in [0.1, 0.15) is 11.6 Å². The van der Waals surface area contributed by atoms with E-state index in [0.29, 0.717) is 13.0 Å². The van der Waals surface area contributed by atoms with Crippen LogP contribution < -0.4 is 4.74 Å². The van der Waals surface area contributed by atoms with E-state index < -0.39 is 0 Å². The van der Waals surface area contributed by atoms with Gasteiger partial charge in [0.2, 0.25) is 5.91 Å². The summed E-state index contributed by atoms with van der Waals surface area (Å²) >= 11 is 1.64. The Balaban J connectivity index is 1.75. The van der Waals surface area contributed by atoms with Gasteiger partial charge in [0, 0.05) is 30.7 Å². The molecule has 3 nitrogen and oxygen atoms in total. The topological polar surface area (TPSA) is 29.5 Å². The van der Waals surface area contributed by atoms with Crippen LogP contribution in [0.3, 0.4) is 0 Å². The first-order chi connectivity index (χ1) is 11.1. The van der Waals surface area contributed by atoms with Crippen molar-refractivity contribution in [1.82, 2.24) is 4.90 Å². The molecule has 2 aromatic carbocycles. The third-order valence-corrected chi connectivity index (χ3v) is 4.42. The summed E-state index contributed by atoms with van der Waals surface area (Å²) in [6.45, 7) is 0.492. The molecule has 0 unspecified atom stereocenters. The fraction of sp³-hybridized carbons (Fsp3) is 0.278. The monoisotopic (exact) mass is 333 g/mol. The zero-order chi connectivity index (χ0) is 16.7. The summed E-state index contributed by atoms with van der Waals surface area (Å²) in [5.74, 6) is 1.36. The lowest BCUT2D eigenvalue weighted by Gasteiger charge is -2.17. The third kappa shape index (κ3) is 5.60. The maximum atomic E-state index is 12.9.